The van der Waals surface area contributed by atoms with Crippen molar-refractivity contribution in [2.45, 2.75) is 6.42 Å². The first kappa shape index (κ1) is 14.3. The number of amides is 1. The minimum atomic E-state index is 0. The van der Waals surface area contributed by atoms with Gasteiger partial charge in [-0.3, -0.25) is 9.89 Å². The number of rotatable bonds is 1. The van der Waals surface area contributed by atoms with E-state index >= 15 is 0 Å². The van der Waals surface area contributed by atoms with Crippen LogP contribution in [0.15, 0.2) is 18.2 Å². The van der Waals surface area contributed by atoms with Crippen molar-refractivity contribution in [2.75, 3.05) is 26.2 Å². The van der Waals surface area contributed by atoms with Crippen LogP contribution in [-0.4, -0.2) is 52.4 Å². The Kier molecular flexibility index (Phi) is 3.82. The minimum Gasteiger partial charge on any atom is -0.338 e. The van der Waals surface area contributed by atoms with Crippen LogP contribution in [0.2, 0.25) is 0 Å². The summed E-state index contributed by atoms with van der Waals surface area (Å²) < 4.78 is 0. The molecule has 2 aliphatic rings. The van der Waals surface area contributed by atoms with Crippen molar-refractivity contribution >= 4 is 29.3 Å². The van der Waals surface area contributed by atoms with Crippen LogP contribution in [0.1, 0.15) is 16.8 Å². The number of piperidine rings is 1. The molecule has 7 heteroatoms. The molecule has 6 nitrogen and oxygen atoms in total. The van der Waals surface area contributed by atoms with Crippen LogP contribution in [0.25, 0.3) is 11.0 Å². The summed E-state index contributed by atoms with van der Waals surface area (Å²) in [4.78, 5) is 14.6. The fourth-order valence-electron chi connectivity index (χ4n) is 3.38. The summed E-state index contributed by atoms with van der Waals surface area (Å²) >= 11 is 0. The number of nitrogens with zero attached hydrogens (tertiary/aromatic N) is 3. The molecule has 2 aromatic rings. The van der Waals surface area contributed by atoms with Crippen LogP contribution >= 0.6 is 12.4 Å². The molecule has 2 aliphatic heterocycles. The van der Waals surface area contributed by atoms with E-state index in [0.29, 0.717) is 11.5 Å². The Bertz CT molecular complexity index is 658. The third-order valence-corrected chi connectivity index (χ3v) is 4.56. The lowest BCUT2D eigenvalue weighted by atomic mass is 9.88. The van der Waals surface area contributed by atoms with E-state index in [2.05, 4.69) is 20.7 Å². The average Bonchev–Trinajstić information content (AvgIpc) is 3.13. The van der Waals surface area contributed by atoms with Gasteiger partial charge in [0.05, 0.1) is 5.52 Å². The molecule has 2 saturated heterocycles. The molecule has 2 N–H and O–H groups in total. The van der Waals surface area contributed by atoms with E-state index in [0.717, 1.165) is 49.6 Å². The fraction of sp³-hybridized carbons (Fsp3) is 0.500. The Labute approximate surface area is 128 Å². The van der Waals surface area contributed by atoms with Crippen LogP contribution in [0, 0.1) is 11.8 Å². The van der Waals surface area contributed by atoms with Crippen molar-refractivity contribution in [1.82, 2.24) is 25.6 Å². The lowest BCUT2D eigenvalue weighted by Gasteiger charge is -2.34. The number of carbonyl (C=O) groups excluding carboxylic acids is 1. The van der Waals surface area contributed by atoms with Crippen LogP contribution in [0.5, 0.6) is 0 Å². The highest BCUT2D eigenvalue weighted by Gasteiger charge is 2.34. The van der Waals surface area contributed by atoms with Gasteiger partial charge in [-0.1, -0.05) is 5.21 Å². The summed E-state index contributed by atoms with van der Waals surface area (Å²) in [6, 6.07) is 5.54. The van der Waals surface area contributed by atoms with E-state index in [1.54, 1.807) is 0 Å². The highest BCUT2D eigenvalue weighted by Crippen LogP contribution is 2.27. The monoisotopic (exact) mass is 307 g/mol. The molecule has 0 spiro atoms. The number of H-pyrrole nitrogens is 1. The number of aromatic amines is 1. The number of halogens is 1. The van der Waals surface area contributed by atoms with Gasteiger partial charge < -0.3 is 10.2 Å². The quantitative estimate of drug-likeness (QED) is 0.826. The first-order valence-electron chi connectivity index (χ1n) is 7.12. The molecule has 4 rings (SSSR count). The summed E-state index contributed by atoms with van der Waals surface area (Å²) in [7, 11) is 0. The van der Waals surface area contributed by atoms with E-state index in [1.807, 2.05) is 23.1 Å². The maximum Gasteiger partial charge on any atom is 0.253 e. The lowest BCUT2D eigenvalue weighted by molar-refractivity contribution is 0.0642. The average molecular weight is 308 g/mol. The van der Waals surface area contributed by atoms with Crippen LogP contribution < -0.4 is 5.32 Å². The first-order valence-corrected chi connectivity index (χ1v) is 7.12. The number of carbonyl (C=O) groups is 1. The number of benzene rings is 1. The van der Waals surface area contributed by atoms with Gasteiger partial charge in [-0.15, -0.1) is 17.5 Å². The molecule has 112 valence electrons. The number of hydrogen-bond donors (Lipinski definition) is 2. The van der Waals surface area contributed by atoms with Crippen molar-refractivity contribution in [3.63, 3.8) is 0 Å². The molecule has 1 aromatic carbocycles. The van der Waals surface area contributed by atoms with Crippen LogP contribution in [0.3, 0.4) is 0 Å². The van der Waals surface area contributed by atoms with Gasteiger partial charge in [0, 0.05) is 18.7 Å². The van der Waals surface area contributed by atoms with Crippen LogP contribution in [-0.2, 0) is 0 Å². The number of hydrogen-bond acceptors (Lipinski definition) is 4. The Morgan fingerprint density at radius 2 is 2.14 bits per heavy atom. The zero-order chi connectivity index (χ0) is 13.5. The summed E-state index contributed by atoms with van der Waals surface area (Å²) in [6.45, 7) is 3.88. The topological polar surface area (TPSA) is 73.9 Å². The third-order valence-electron chi connectivity index (χ3n) is 4.56. The van der Waals surface area contributed by atoms with Gasteiger partial charge >= 0.3 is 0 Å². The molecule has 0 radical (unpaired) electrons. The van der Waals surface area contributed by atoms with E-state index < -0.39 is 0 Å². The van der Waals surface area contributed by atoms with Gasteiger partial charge in [0.1, 0.15) is 5.52 Å². The van der Waals surface area contributed by atoms with Gasteiger partial charge in [-0.05, 0) is 49.5 Å². The Morgan fingerprint density at radius 1 is 1.29 bits per heavy atom. The second-order valence-electron chi connectivity index (χ2n) is 5.76. The summed E-state index contributed by atoms with van der Waals surface area (Å²) in [5.74, 6) is 1.47. The molecule has 21 heavy (non-hydrogen) atoms. The Hall–Kier alpha value is -1.66. The van der Waals surface area contributed by atoms with Crippen molar-refractivity contribution in [3.8, 4) is 0 Å². The maximum atomic E-state index is 12.6. The van der Waals surface area contributed by atoms with E-state index in [-0.39, 0.29) is 18.3 Å². The molecule has 1 amide bonds. The fourth-order valence-corrected chi connectivity index (χ4v) is 3.38. The second-order valence-corrected chi connectivity index (χ2v) is 5.76. The molecule has 2 fully saturated rings. The predicted molar refractivity (Wildman–Crippen MR) is 81.5 cm³/mol. The standard InChI is InChI=1S/C14H17N5O.ClH/c20-14(9-1-2-12-13(5-9)17-18-16-12)19-4-3-10-6-15-7-11(10)8-19;/h1-2,5,10-11,15H,3-4,6-8H2,(H,16,17,18);1H. The molecular formula is C14H18ClN5O. The van der Waals surface area contributed by atoms with Gasteiger partial charge in [0.15, 0.2) is 0 Å². The maximum absolute atomic E-state index is 12.6. The van der Waals surface area contributed by atoms with E-state index in [1.165, 1.54) is 0 Å². The second kappa shape index (κ2) is 5.61. The van der Waals surface area contributed by atoms with Crippen molar-refractivity contribution in [1.29, 1.82) is 0 Å². The van der Waals surface area contributed by atoms with Crippen molar-refractivity contribution in [3.05, 3.63) is 23.8 Å². The highest BCUT2D eigenvalue weighted by molar-refractivity contribution is 5.97. The molecule has 0 saturated carbocycles. The summed E-state index contributed by atoms with van der Waals surface area (Å²) in [5.41, 5.74) is 2.31. The van der Waals surface area contributed by atoms with Gasteiger partial charge in [-0.2, -0.15) is 0 Å². The lowest BCUT2D eigenvalue weighted by Crippen LogP contribution is -2.43. The first-order chi connectivity index (χ1) is 9.81. The largest absolute Gasteiger partial charge is 0.338 e. The smallest absolute Gasteiger partial charge is 0.253 e. The van der Waals surface area contributed by atoms with Crippen molar-refractivity contribution < 1.29 is 4.79 Å². The van der Waals surface area contributed by atoms with Gasteiger partial charge in [0.25, 0.3) is 5.91 Å². The predicted octanol–water partition coefficient (Wildman–Crippen LogP) is 1.06. The molecular weight excluding hydrogens is 290 g/mol. The highest BCUT2D eigenvalue weighted by atomic mass is 35.5. The molecule has 0 aliphatic carbocycles. The number of nitrogens with one attached hydrogen (secondary N) is 2. The van der Waals surface area contributed by atoms with Crippen LogP contribution in [0.4, 0.5) is 0 Å². The molecule has 3 heterocycles. The molecule has 1 aromatic heterocycles. The zero-order valence-corrected chi connectivity index (χ0v) is 12.4. The third kappa shape index (κ3) is 2.49. The number of fused-ring (bicyclic) bond motifs is 2. The SMILES string of the molecule is Cl.O=C(c1ccc2[nH]nnc2c1)N1CCC2CNCC2C1. The van der Waals surface area contributed by atoms with E-state index in [9.17, 15) is 4.79 Å². The number of aromatic nitrogens is 3. The van der Waals surface area contributed by atoms with Gasteiger partial charge in [0.2, 0.25) is 0 Å². The summed E-state index contributed by atoms with van der Waals surface area (Å²) in [5, 5.41) is 13.9. The van der Waals surface area contributed by atoms with Crippen molar-refractivity contribution in [2.24, 2.45) is 11.8 Å². The summed E-state index contributed by atoms with van der Waals surface area (Å²) in [6.07, 6.45) is 1.11. The number of likely N-dealkylation sites (tertiary alicyclic amines) is 1. The normalized spacial score (nSPS) is 24.7. The minimum absolute atomic E-state index is 0. The Morgan fingerprint density at radius 3 is 3.05 bits per heavy atom. The molecule has 0 bridgehead atoms. The molecule has 2 unspecified atom stereocenters. The Balaban J connectivity index is 0.00000132. The van der Waals surface area contributed by atoms with Gasteiger partial charge in [-0.25, -0.2) is 0 Å². The molecule has 2 atom stereocenters. The van der Waals surface area contributed by atoms with E-state index in [4.69, 9.17) is 0 Å². The zero-order valence-electron chi connectivity index (χ0n) is 11.6.